The number of aromatic amines is 1. The van der Waals surface area contributed by atoms with Crippen LogP contribution in [0.4, 0.5) is 11.4 Å². The van der Waals surface area contributed by atoms with Crippen molar-refractivity contribution < 1.29 is 4.42 Å². The van der Waals surface area contributed by atoms with E-state index < -0.39 is 0 Å². The Morgan fingerprint density at radius 1 is 0.500 bits per heavy atom. The third-order valence-electron chi connectivity index (χ3n) is 7.10. The van der Waals surface area contributed by atoms with Gasteiger partial charge >= 0.3 is 0 Å². The summed E-state index contributed by atoms with van der Waals surface area (Å²) in [5, 5.41) is 2.16. The molecule has 0 unspecified atom stereocenters. The smallest absolute Gasteiger partial charge is 0.143 e. The van der Waals surface area contributed by atoms with Gasteiger partial charge in [0.05, 0.1) is 5.69 Å². The minimum absolute atomic E-state index is 0.724. The highest BCUT2D eigenvalue weighted by Crippen LogP contribution is 2.45. The van der Waals surface area contributed by atoms with Crippen molar-refractivity contribution in [1.29, 1.82) is 0 Å². The fraction of sp³-hybridized carbons (Fsp3) is 0. The predicted octanol–water partition coefficient (Wildman–Crippen LogP) is 8.75. The van der Waals surface area contributed by atoms with E-state index in [9.17, 15) is 0 Å². The molecule has 0 saturated carbocycles. The van der Waals surface area contributed by atoms with E-state index in [4.69, 9.17) is 15.9 Å². The molecule has 0 aliphatic heterocycles. The van der Waals surface area contributed by atoms with E-state index in [1.807, 2.05) is 48.5 Å². The number of nitrogens with two attached hydrogens (primary N) is 2. The fourth-order valence-electron chi connectivity index (χ4n) is 5.29. The van der Waals surface area contributed by atoms with Crippen molar-refractivity contribution in [2.75, 3.05) is 11.5 Å². The zero-order valence-corrected chi connectivity index (χ0v) is 20.6. The number of furan rings is 1. The van der Waals surface area contributed by atoms with Crippen LogP contribution in [-0.4, -0.2) is 4.98 Å². The SMILES string of the molecule is Nc1ccc(-c2[nH]c3cc4c(-c5ccccc5)c(-c5ccc(N)cc5)oc4cc3c2-c2ccccc2)cc1. The molecule has 5 N–H and O–H groups in total. The third-order valence-corrected chi connectivity index (χ3v) is 7.10. The zero-order chi connectivity index (χ0) is 25.6. The van der Waals surface area contributed by atoms with E-state index in [0.29, 0.717) is 0 Å². The van der Waals surface area contributed by atoms with Gasteiger partial charge in [0.1, 0.15) is 11.3 Å². The molecule has 0 aliphatic carbocycles. The van der Waals surface area contributed by atoms with Crippen LogP contribution in [0.3, 0.4) is 0 Å². The van der Waals surface area contributed by atoms with Crippen LogP contribution in [0.1, 0.15) is 0 Å². The van der Waals surface area contributed by atoms with Gasteiger partial charge in [0.2, 0.25) is 0 Å². The molecule has 5 aromatic carbocycles. The topological polar surface area (TPSA) is 81.0 Å². The highest BCUT2D eigenvalue weighted by atomic mass is 16.3. The molecule has 0 aliphatic rings. The summed E-state index contributed by atoms with van der Waals surface area (Å²) in [5.41, 5.74) is 22.9. The molecule has 182 valence electrons. The van der Waals surface area contributed by atoms with E-state index in [0.717, 1.165) is 78.1 Å². The summed E-state index contributed by atoms with van der Waals surface area (Å²) in [6.07, 6.45) is 0. The van der Waals surface area contributed by atoms with Crippen LogP contribution in [0, 0.1) is 0 Å². The fourth-order valence-corrected chi connectivity index (χ4v) is 5.29. The van der Waals surface area contributed by atoms with Crippen LogP contribution >= 0.6 is 0 Å². The van der Waals surface area contributed by atoms with Gasteiger partial charge in [0, 0.05) is 44.4 Å². The highest BCUT2D eigenvalue weighted by Gasteiger charge is 2.22. The van der Waals surface area contributed by atoms with Gasteiger partial charge in [-0.1, -0.05) is 72.8 Å². The van der Waals surface area contributed by atoms with Crippen molar-refractivity contribution in [3.63, 3.8) is 0 Å². The van der Waals surface area contributed by atoms with Crippen molar-refractivity contribution in [2.45, 2.75) is 0 Å². The maximum Gasteiger partial charge on any atom is 0.143 e. The van der Waals surface area contributed by atoms with Crippen molar-refractivity contribution >= 4 is 33.2 Å². The molecule has 2 heterocycles. The molecule has 0 saturated heterocycles. The summed E-state index contributed by atoms with van der Waals surface area (Å²) in [6.45, 7) is 0. The average molecular weight is 492 g/mol. The van der Waals surface area contributed by atoms with Gasteiger partial charge in [-0.3, -0.25) is 0 Å². The Hall–Kier alpha value is -5.22. The number of hydrogen-bond acceptors (Lipinski definition) is 3. The van der Waals surface area contributed by atoms with E-state index in [2.05, 4.69) is 77.8 Å². The van der Waals surface area contributed by atoms with E-state index in [1.54, 1.807) is 0 Å². The highest BCUT2D eigenvalue weighted by molar-refractivity contribution is 6.12. The van der Waals surface area contributed by atoms with Crippen LogP contribution in [0.15, 0.2) is 126 Å². The number of rotatable bonds is 4. The second-order valence-electron chi connectivity index (χ2n) is 9.55. The molecule has 0 fully saturated rings. The molecule has 0 spiro atoms. The summed E-state index contributed by atoms with van der Waals surface area (Å²) in [7, 11) is 0. The van der Waals surface area contributed by atoms with Crippen LogP contribution in [-0.2, 0) is 0 Å². The lowest BCUT2D eigenvalue weighted by molar-refractivity contribution is 0.633. The maximum atomic E-state index is 6.64. The first kappa shape index (κ1) is 22.0. The predicted molar refractivity (Wildman–Crippen MR) is 159 cm³/mol. The van der Waals surface area contributed by atoms with Crippen molar-refractivity contribution in [2.24, 2.45) is 0 Å². The van der Waals surface area contributed by atoms with Gasteiger partial charge in [0.15, 0.2) is 0 Å². The Bertz CT molecular complexity index is 1750. The van der Waals surface area contributed by atoms with Gasteiger partial charge in [-0.25, -0.2) is 0 Å². The normalized spacial score (nSPS) is 11.4. The number of H-pyrrole nitrogens is 1. The van der Waals surface area contributed by atoms with Gasteiger partial charge in [-0.15, -0.1) is 0 Å². The van der Waals surface area contributed by atoms with Crippen molar-refractivity contribution in [3.05, 3.63) is 121 Å². The molecule has 0 atom stereocenters. The number of nitrogens with one attached hydrogen (secondary N) is 1. The van der Waals surface area contributed by atoms with Crippen molar-refractivity contribution in [3.8, 4) is 44.8 Å². The maximum absolute atomic E-state index is 6.64. The number of anilines is 2. The minimum atomic E-state index is 0.724. The van der Waals surface area contributed by atoms with Crippen LogP contribution in [0.2, 0.25) is 0 Å². The summed E-state index contributed by atoms with van der Waals surface area (Å²) in [5.74, 6) is 0.832. The van der Waals surface area contributed by atoms with Crippen LogP contribution in [0.25, 0.3) is 66.7 Å². The number of fused-ring (bicyclic) bond motifs is 2. The van der Waals surface area contributed by atoms with Crippen LogP contribution in [0.5, 0.6) is 0 Å². The standard InChI is InChI=1S/C34H25N3O/c35-25-15-11-23(12-16-25)33-31(21-7-3-1-4-8-21)27-20-30-28(19-29(27)37-33)32(22-9-5-2-6-10-22)34(38-30)24-13-17-26(36)18-14-24/h1-20,37H,35-36H2. The van der Waals surface area contributed by atoms with E-state index in [1.165, 1.54) is 0 Å². The molecule has 0 bridgehead atoms. The zero-order valence-electron chi connectivity index (χ0n) is 20.6. The van der Waals surface area contributed by atoms with E-state index in [-0.39, 0.29) is 0 Å². The lowest BCUT2D eigenvalue weighted by Crippen LogP contribution is -1.86. The second-order valence-corrected chi connectivity index (χ2v) is 9.55. The molecule has 7 rings (SSSR count). The Balaban J connectivity index is 1.55. The lowest BCUT2D eigenvalue weighted by Gasteiger charge is -2.06. The van der Waals surface area contributed by atoms with Gasteiger partial charge in [-0.2, -0.15) is 0 Å². The molecule has 4 nitrogen and oxygen atoms in total. The number of nitrogen functional groups attached to an aromatic ring is 2. The molecule has 2 aromatic heterocycles. The molecule has 7 aromatic rings. The summed E-state index contributed by atoms with van der Waals surface area (Å²) < 4.78 is 6.64. The largest absolute Gasteiger partial charge is 0.455 e. The monoisotopic (exact) mass is 491 g/mol. The first-order valence-corrected chi connectivity index (χ1v) is 12.6. The van der Waals surface area contributed by atoms with Crippen LogP contribution < -0.4 is 11.5 Å². The van der Waals surface area contributed by atoms with Crippen molar-refractivity contribution in [1.82, 2.24) is 4.98 Å². The first-order valence-electron chi connectivity index (χ1n) is 12.6. The molecule has 0 amide bonds. The Morgan fingerprint density at radius 3 is 1.66 bits per heavy atom. The molecular formula is C34H25N3O. The second kappa shape index (κ2) is 8.71. The summed E-state index contributed by atoms with van der Waals surface area (Å²) in [6, 6.07) is 41.1. The lowest BCUT2D eigenvalue weighted by atomic mass is 9.96. The third kappa shape index (κ3) is 3.62. The molecule has 38 heavy (non-hydrogen) atoms. The first-order chi connectivity index (χ1) is 18.7. The number of benzene rings is 5. The van der Waals surface area contributed by atoms with E-state index >= 15 is 0 Å². The number of hydrogen-bond donors (Lipinski definition) is 3. The van der Waals surface area contributed by atoms with Gasteiger partial charge < -0.3 is 20.9 Å². The average Bonchev–Trinajstić information content (AvgIpc) is 3.51. The molecule has 0 radical (unpaired) electrons. The van der Waals surface area contributed by atoms with Gasteiger partial charge in [-0.05, 0) is 65.2 Å². The Labute approximate surface area is 220 Å². The quantitative estimate of drug-likeness (QED) is 0.215. The Kier molecular flexibility index (Phi) is 5.05. The molecule has 4 heteroatoms. The molecular weight excluding hydrogens is 466 g/mol. The Morgan fingerprint density at radius 2 is 1.05 bits per heavy atom. The summed E-state index contributed by atoms with van der Waals surface area (Å²) in [4.78, 5) is 3.73. The minimum Gasteiger partial charge on any atom is -0.455 e. The van der Waals surface area contributed by atoms with Gasteiger partial charge in [0.25, 0.3) is 0 Å². The number of aromatic nitrogens is 1. The summed E-state index contributed by atoms with van der Waals surface area (Å²) >= 11 is 0.